The van der Waals surface area contributed by atoms with Gasteiger partial charge in [-0.25, -0.2) is 0 Å². The standard InChI is InChI=1S/C17H26N2O2.ClH/c1-17(2,3)15(18)16(20)19-12-7-6-10-14(11-12)21-13-8-4-5-9-13;/h6-7,10-11,13,15H,4-5,8-9,18H2,1-3H3,(H,19,20);1H/t15-;/m1./s1. The second kappa shape index (κ2) is 7.84. The van der Waals surface area contributed by atoms with Crippen LogP contribution in [0.15, 0.2) is 24.3 Å². The summed E-state index contributed by atoms with van der Waals surface area (Å²) < 4.78 is 5.94. The number of nitrogens with one attached hydrogen (secondary N) is 1. The van der Waals surface area contributed by atoms with Crippen molar-refractivity contribution in [3.8, 4) is 5.75 Å². The van der Waals surface area contributed by atoms with Gasteiger partial charge in [0, 0.05) is 11.8 Å². The normalized spacial score (nSPS) is 16.7. The molecule has 22 heavy (non-hydrogen) atoms. The highest BCUT2D eigenvalue weighted by atomic mass is 35.5. The van der Waals surface area contributed by atoms with Gasteiger partial charge in [0.2, 0.25) is 5.91 Å². The molecule has 2 rings (SSSR count). The molecule has 1 aromatic carbocycles. The summed E-state index contributed by atoms with van der Waals surface area (Å²) in [5.41, 5.74) is 6.44. The minimum atomic E-state index is -0.545. The van der Waals surface area contributed by atoms with Gasteiger partial charge in [-0.05, 0) is 43.2 Å². The van der Waals surface area contributed by atoms with Crippen molar-refractivity contribution >= 4 is 24.0 Å². The summed E-state index contributed by atoms with van der Waals surface area (Å²) in [6.07, 6.45) is 5.02. The number of anilines is 1. The largest absolute Gasteiger partial charge is 0.490 e. The highest BCUT2D eigenvalue weighted by Gasteiger charge is 2.27. The van der Waals surface area contributed by atoms with Gasteiger partial charge in [-0.15, -0.1) is 12.4 Å². The second-order valence-electron chi connectivity index (χ2n) is 6.89. The Morgan fingerprint density at radius 3 is 2.55 bits per heavy atom. The number of nitrogens with two attached hydrogens (primary N) is 1. The number of amides is 1. The molecule has 3 N–H and O–H groups in total. The number of benzene rings is 1. The van der Waals surface area contributed by atoms with Crippen molar-refractivity contribution in [1.29, 1.82) is 0 Å². The number of ether oxygens (including phenoxy) is 1. The Bertz CT molecular complexity index is 494. The van der Waals surface area contributed by atoms with E-state index in [9.17, 15) is 4.79 Å². The molecule has 0 radical (unpaired) electrons. The summed E-state index contributed by atoms with van der Waals surface area (Å²) in [7, 11) is 0. The van der Waals surface area contributed by atoms with Gasteiger partial charge in [-0.1, -0.05) is 26.8 Å². The minimum Gasteiger partial charge on any atom is -0.490 e. The molecule has 0 spiro atoms. The van der Waals surface area contributed by atoms with Crippen molar-refractivity contribution in [3.05, 3.63) is 24.3 Å². The SMILES string of the molecule is CC(C)(C)[C@H](N)C(=O)Nc1cccc(OC2CCCC2)c1.Cl. The zero-order valence-electron chi connectivity index (χ0n) is 13.6. The van der Waals surface area contributed by atoms with Crippen LogP contribution >= 0.6 is 12.4 Å². The van der Waals surface area contributed by atoms with E-state index in [0.29, 0.717) is 6.10 Å². The van der Waals surface area contributed by atoms with Gasteiger partial charge < -0.3 is 15.8 Å². The van der Waals surface area contributed by atoms with E-state index in [2.05, 4.69) is 5.32 Å². The Kier molecular flexibility index (Phi) is 6.69. The Morgan fingerprint density at radius 2 is 1.95 bits per heavy atom. The van der Waals surface area contributed by atoms with Crippen molar-refractivity contribution in [2.45, 2.75) is 58.6 Å². The van der Waals surface area contributed by atoms with Crippen molar-refractivity contribution in [2.75, 3.05) is 5.32 Å². The molecule has 124 valence electrons. The van der Waals surface area contributed by atoms with Gasteiger partial charge in [-0.3, -0.25) is 4.79 Å². The summed E-state index contributed by atoms with van der Waals surface area (Å²) in [4.78, 5) is 12.1. The number of hydrogen-bond donors (Lipinski definition) is 2. The Labute approximate surface area is 139 Å². The highest BCUT2D eigenvalue weighted by molar-refractivity contribution is 5.95. The van der Waals surface area contributed by atoms with E-state index in [-0.39, 0.29) is 23.7 Å². The minimum absolute atomic E-state index is 0. The lowest BCUT2D eigenvalue weighted by Crippen LogP contribution is -2.45. The van der Waals surface area contributed by atoms with Gasteiger partial charge in [0.15, 0.2) is 0 Å². The molecule has 0 unspecified atom stereocenters. The van der Waals surface area contributed by atoms with Crippen LogP contribution in [0, 0.1) is 5.41 Å². The maximum atomic E-state index is 12.1. The van der Waals surface area contributed by atoms with Gasteiger partial charge in [0.25, 0.3) is 0 Å². The first-order chi connectivity index (χ1) is 9.86. The summed E-state index contributed by atoms with van der Waals surface area (Å²) in [6, 6.07) is 7.00. The molecule has 1 saturated carbocycles. The molecule has 0 bridgehead atoms. The fourth-order valence-corrected chi connectivity index (χ4v) is 2.46. The van der Waals surface area contributed by atoms with E-state index in [1.807, 2.05) is 45.0 Å². The van der Waals surface area contributed by atoms with Crippen LogP contribution in [0.5, 0.6) is 5.75 Å². The summed E-state index contributed by atoms with van der Waals surface area (Å²) in [6.45, 7) is 5.87. The van der Waals surface area contributed by atoms with Crippen LogP contribution in [0.2, 0.25) is 0 Å². The molecule has 0 heterocycles. The summed E-state index contributed by atoms with van der Waals surface area (Å²) >= 11 is 0. The van der Waals surface area contributed by atoms with Gasteiger partial charge in [0.1, 0.15) is 5.75 Å². The molecule has 1 amide bonds. The third kappa shape index (κ3) is 5.18. The topological polar surface area (TPSA) is 64.4 Å². The number of carbonyl (C=O) groups is 1. The highest BCUT2D eigenvalue weighted by Crippen LogP contribution is 2.26. The van der Waals surface area contributed by atoms with Crippen LogP contribution in [0.4, 0.5) is 5.69 Å². The Hall–Kier alpha value is -1.26. The zero-order chi connectivity index (χ0) is 15.5. The molecule has 0 saturated heterocycles. The van der Waals surface area contributed by atoms with E-state index in [1.54, 1.807) is 0 Å². The van der Waals surface area contributed by atoms with E-state index in [1.165, 1.54) is 12.8 Å². The quantitative estimate of drug-likeness (QED) is 0.885. The van der Waals surface area contributed by atoms with Crippen molar-refractivity contribution < 1.29 is 9.53 Å². The Balaban J connectivity index is 0.00000242. The number of hydrogen-bond acceptors (Lipinski definition) is 3. The first-order valence-corrected chi connectivity index (χ1v) is 7.69. The first-order valence-electron chi connectivity index (χ1n) is 7.69. The van der Waals surface area contributed by atoms with Crippen LogP contribution < -0.4 is 15.8 Å². The zero-order valence-corrected chi connectivity index (χ0v) is 14.4. The maximum Gasteiger partial charge on any atom is 0.241 e. The van der Waals surface area contributed by atoms with Crippen molar-refractivity contribution in [1.82, 2.24) is 0 Å². The number of halogens is 1. The molecule has 1 fully saturated rings. The third-order valence-electron chi connectivity index (χ3n) is 3.92. The fourth-order valence-electron chi connectivity index (χ4n) is 2.46. The van der Waals surface area contributed by atoms with Crippen LogP contribution in [0.25, 0.3) is 0 Å². The average molecular weight is 327 g/mol. The lowest BCUT2D eigenvalue weighted by Gasteiger charge is -2.25. The van der Waals surface area contributed by atoms with Gasteiger partial charge in [-0.2, -0.15) is 0 Å². The lowest BCUT2D eigenvalue weighted by molar-refractivity contribution is -0.119. The number of carbonyl (C=O) groups excluding carboxylic acids is 1. The third-order valence-corrected chi connectivity index (χ3v) is 3.92. The number of rotatable bonds is 4. The van der Waals surface area contributed by atoms with E-state index >= 15 is 0 Å². The fraction of sp³-hybridized carbons (Fsp3) is 0.588. The molecule has 1 atom stereocenters. The molecule has 0 aliphatic heterocycles. The molecular formula is C17H27ClN2O2. The Morgan fingerprint density at radius 1 is 1.32 bits per heavy atom. The molecule has 5 heteroatoms. The second-order valence-corrected chi connectivity index (χ2v) is 6.89. The van der Waals surface area contributed by atoms with E-state index in [4.69, 9.17) is 10.5 Å². The van der Waals surface area contributed by atoms with Crippen molar-refractivity contribution in [2.24, 2.45) is 11.1 Å². The predicted octanol–water partition coefficient (Wildman–Crippen LogP) is 3.74. The van der Waals surface area contributed by atoms with Crippen LogP contribution in [-0.4, -0.2) is 18.1 Å². The summed E-state index contributed by atoms with van der Waals surface area (Å²) in [5, 5.41) is 2.87. The van der Waals surface area contributed by atoms with Crippen LogP contribution in [0.3, 0.4) is 0 Å². The lowest BCUT2D eigenvalue weighted by atomic mass is 9.87. The molecule has 1 aromatic rings. The first kappa shape index (κ1) is 18.8. The van der Waals surface area contributed by atoms with Gasteiger partial charge in [0.05, 0.1) is 12.1 Å². The van der Waals surface area contributed by atoms with Crippen molar-refractivity contribution in [3.63, 3.8) is 0 Å². The average Bonchev–Trinajstić information content (AvgIpc) is 2.90. The van der Waals surface area contributed by atoms with Gasteiger partial charge >= 0.3 is 0 Å². The predicted molar refractivity (Wildman–Crippen MR) is 92.6 cm³/mol. The molecule has 0 aromatic heterocycles. The maximum absolute atomic E-state index is 12.1. The molecule has 1 aliphatic carbocycles. The van der Waals surface area contributed by atoms with Crippen LogP contribution in [-0.2, 0) is 4.79 Å². The van der Waals surface area contributed by atoms with E-state index in [0.717, 1.165) is 24.3 Å². The molecule has 1 aliphatic rings. The molecule has 4 nitrogen and oxygen atoms in total. The summed E-state index contributed by atoms with van der Waals surface area (Å²) in [5.74, 6) is 0.643. The smallest absolute Gasteiger partial charge is 0.241 e. The van der Waals surface area contributed by atoms with Crippen LogP contribution in [0.1, 0.15) is 46.5 Å². The monoisotopic (exact) mass is 326 g/mol. The van der Waals surface area contributed by atoms with E-state index < -0.39 is 6.04 Å². The molecular weight excluding hydrogens is 300 g/mol.